The van der Waals surface area contributed by atoms with Gasteiger partial charge in [-0.3, -0.25) is 14.4 Å². The lowest BCUT2D eigenvalue weighted by Crippen LogP contribution is -2.29. The van der Waals surface area contributed by atoms with Crippen LogP contribution in [0.15, 0.2) is 17.5 Å². The van der Waals surface area contributed by atoms with Crippen molar-refractivity contribution in [1.82, 2.24) is 5.32 Å². The lowest BCUT2D eigenvalue weighted by Gasteiger charge is -2.04. The Bertz CT molecular complexity index is 505. The maximum Gasteiger partial charge on any atom is 0.306 e. The Morgan fingerprint density at radius 2 is 2.15 bits per heavy atom. The maximum atomic E-state index is 11.6. The van der Waals surface area contributed by atoms with Gasteiger partial charge in [-0.15, -0.1) is 11.3 Å². The van der Waals surface area contributed by atoms with Gasteiger partial charge in [-0.25, -0.2) is 0 Å². The van der Waals surface area contributed by atoms with Crippen LogP contribution in [0.3, 0.4) is 0 Å². The van der Waals surface area contributed by atoms with Gasteiger partial charge in [-0.2, -0.15) is 5.26 Å². The van der Waals surface area contributed by atoms with Crippen molar-refractivity contribution in [3.05, 3.63) is 22.4 Å². The zero-order chi connectivity index (χ0) is 14.8. The number of thiophene rings is 1. The van der Waals surface area contributed by atoms with E-state index in [0.29, 0.717) is 4.88 Å². The Kier molecular flexibility index (Phi) is 7.00. The molecule has 0 aliphatic heterocycles. The molecule has 0 saturated carbocycles. The molecule has 1 aromatic heterocycles. The summed E-state index contributed by atoms with van der Waals surface area (Å²) in [5, 5.41) is 12.5. The van der Waals surface area contributed by atoms with E-state index in [2.05, 4.69) is 5.32 Å². The second-order valence-corrected chi connectivity index (χ2v) is 4.77. The van der Waals surface area contributed by atoms with Crippen LogP contribution in [0.4, 0.5) is 0 Å². The van der Waals surface area contributed by atoms with E-state index in [1.54, 1.807) is 17.5 Å². The number of rotatable bonds is 8. The molecule has 1 amide bonds. The largest absolute Gasteiger partial charge is 0.456 e. The minimum absolute atomic E-state index is 0.0534. The van der Waals surface area contributed by atoms with Crippen LogP contribution in [0.2, 0.25) is 0 Å². The van der Waals surface area contributed by atoms with E-state index in [1.165, 1.54) is 11.3 Å². The number of nitrogens with zero attached hydrogens (tertiary/aromatic N) is 1. The molecule has 0 aliphatic carbocycles. The number of esters is 1. The third-order valence-electron chi connectivity index (χ3n) is 2.28. The number of hydrogen-bond donors (Lipinski definition) is 1. The van der Waals surface area contributed by atoms with Crippen molar-refractivity contribution >= 4 is 29.0 Å². The minimum atomic E-state index is -0.592. The van der Waals surface area contributed by atoms with E-state index < -0.39 is 18.5 Å². The molecule has 1 heterocycles. The van der Waals surface area contributed by atoms with Gasteiger partial charge < -0.3 is 10.1 Å². The van der Waals surface area contributed by atoms with Crippen LogP contribution in [-0.2, 0) is 14.3 Å². The zero-order valence-corrected chi connectivity index (χ0v) is 11.6. The average Bonchev–Trinajstić information content (AvgIpc) is 2.97. The molecule has 6 nitrogen and oxygen atoms in total. The molecule has 1 N–H and O–H groups in total. The summed E-state index contributed by atoms with van der Waals surface area (Å²) < 4.78 is 4.72. The number of ketones is 1. The molecule has 0 saturated heterocycles. The van der Waals surface area contributed by atoms with E-state index in [9.17, 15) is 14.4 Å². The smallest absolute Gasteiger partial charge is 0.306 e. The molecule has 106 valence electrons. The summed E-state index contributed by atoms with van der Waals surface area (Å²) in [6.45, 7) is -0.165. The molecule has 1 rings (SSSR count). The fourth-order valence-corrected chi connectivity index (χ4v) is 2.00. The molecule has 0 atom stereocenters. The first-order valence-electron chi connectivity index (χ1n) is 5.99. The predicted molar refractivity (Wildman–Crippen MR) is 72.1 cm³/mol. The van der Waals surface area contributed by atoms with Gasteiger partial charge in [0.05, 0.1) is 23.8 Å². The quantitative estimate of drug-likeness (QED) is 0.442. The molecular formula is C13H14N2O4S. The fraction of sp³-hybridized carbons (Fsp3) is 0.385. The van der Waals surface area contributed by atoms with E-state index in [4.69, 9.17) is 10.00 Å². The van der Waals surface area contributed by atoms with Crippen molar-refractivity contribution in [3.63, 3.8) is 0 Å². The third kappa shape index (κ3) is 6.11. The molecule has 0 aromatic carbocycles. The molecule has 0 bridgehead atoms. The lowest BCUT2D eigenvalue weighted by molar-refractivity contribution is -0.148. The number of carbonyl (C=O) groups excluding carboxylic acids is 3. The Morgan fingerprint density at radius 3 is 2.80 bits per heavy atom. The summed E-state index contributed by atoms with van der Waals surface area (Å²) >= 11 is 1.32. The summed E-state index contributed by atoms with van der Waals surface area (Å²) in [7, 11) is 0. The number of Topliss-reactive ketones (excluding diaryl/α,β-unsaturated/α-hetero) is 1. The van der Waals surface area contributed by atoms with Crippen LogP contribution in [0.25, 0.3) is 0 Å². The number of nitriles is 1. The Morgan fingerprint density at radius 1 is 1.35 bits per heavy atom. The third-order valence-corrected chi connectivity index (χ3v) is 3.19. The molecule has 0 spiro atoms. The van der Waals surface area contributed by atoms with Gasteiger partial charge in [0.2, 0.25) is 0 Å². The SMILES string of the molecule is N#CCCNC(=O)COC(=O)CCC(=O)c1cccs1. The highest BCUT2D eigenvalue weighted by Gasteiger charge is 2.12. The topological polar surface area (TPSA) is 96.3 Å². The highest BCUT2D eigenvalue weighted by atomic mass is 32.1. The summed E-state index contributed by atoms with van der Waals surface area (Å²) in [4.78, 5) is 34.8. The number of amides is 1. The molecule has 0 unspecified atom stereocenters. The van der Waals surface area contributed by atoms with Crippen molar-refractivity contribution < 1.29 is 19.1 Å². The van der Waals surface area contributed by atoms with Crippen LogP contribution in [-0.4, -0.2) is 30.8 Å². The van der Waals surface area contributed by atoms with Gasteiger partial charge in [-0.1, -0.05) is 6.07 Å². The van der Waals surface area contributed by atoms with Crippen molar-refractivity contribution in [2.24, 2.45) is 0 Å². The molecular weight excluding hydrogens is 280 g/mol. The van der Waals surface area contributed by atoms with Crippen molar-refractivity contribution in [3.8, 4) is 6.07 Å². The Hall–Kier alpha value is -2.20. The van der Waals surface area contributed by atoms with Gasteiger partial charge in [0.25, 0.3) is 5.91 Å². The first-order valence-corrected chi connectivity index (χ1v) is 6.87. The van der Waals surface area contributed by atoms with Crippen LogP contribution >= 0.6 is 11.3 Å². The number of carbonyl (C=O) groups is 3. The van der Waals surface area contributed by atoms with Gasteiger partial charge in [0, 0.05) is 13.0 Å². The monoisotopic (exact) mass is 294 g/mol. The summed E-state index contributed by atoms with van der Waals surface area (Å²) in [5.74, 6) is -1.17. The summed E-state index contributed by atoms with van der Waals surface area (Å²) in [6.07, 6.45) is 0.215. The van der Waals surface area contributed by atoms with Crippen molar-refractivity contribution in [2.75, 3.05) is 13.2 Å². The summed E-state index contributed by atoms with van der Waals surface area (Å²) in [6, 6.07) is 5.34. The lowest BCUT2D eigenvalue weighted by atomic mass is 10.2. The number of nitrogens with one attached hydrogen (secondary N) is 1. The molecule has 1 aromatic rings. The molecule has 0 fully saturated rings. The summed E-state index contributed by atoms with van der Waals surface area (Å²) in [5.41, 5.74) is 0. The van der Waals surface area contributed by atoms with Gasteiger partial charge in [0.1, 0.15) is 0 Å². The molecule has 0 aliphatic rings. The highest BCUT2D eigenvalue weighted by molar-refractivity contribution is 7.12. The van der Waals surface area contributed by atoms with Gasteiger partial charge in [-0.05, 0) is 11.4 Å². The van der Waals surface area contributed by atoms with Crippen LogP contribution in [0, 0.1) is 11.3 Å². The van der Waals surface area contributed by atoms with Gasteiger partial charge in [0.15, 0.2) is 12.4 Å². The highest BCUT2D eigenvalue weighted by Crippen LogP contribution is 2.12. The van der Waals surface area contributed by atoms with E-state index in [1.807, 2.05) is 6.07 Å². The Labute approximate surface area is 120 Å². The first kappa shape index (κ1) is 15.9. The molecule has 20 heavy (non-hydrogen) atoms. The first-order chi connectivity index (χ1) is 9.63. The van der Waals surface area contributed by atoms with E-state index in [0.717, 1.165) is 0 Å². The second-order valence-electron chi connectivity index (χ2n) is 3.82. The van der Waals surface area contributed by atoms with Crippen molar-refractivity contribution in [2.45, 2.75) is 19.3 Å². The zero-order valence-electron chi connectivity index (χ0n) is 10.8. The van der Waals surface area contributed by atoms with E-state index >= 15 is 0 Å². The van der Waals surface area contributed by atoms with Gasteiger partial charge >= 0.3 is 5.97 Å². The minimum Gasteiger partial charge on any atom is -0.456 e. The molecule has 7 heteroatoms. The maximum absolute atomic E-state index is 11.6. The second kappa shape index (κ2) is 8.82. The standard InChI is InChI=1S/C13H14N2O4S/c14-6-2-7-15-12(17)9-19-13(18)5-4-10(16)11-3-1-8-20-11/h1,3,8H,2,4-5,7,9H2,(H,15,17). The van der Waals surface area contributed by atoms with Crippen LogP contribution < -0.4 is 5.32 Å². The number of ether oxygens (including phenoxy) is 1. The van der Waals surface area contributed by atoms with E-state index in [-0.39, 0.29) is 31.6 Å². The average molecular weight is 294 g/mol. The van der Waals surface area contributed by atoms with Crippen LogP contribution in [0.1, 0.15) is 28.9 Å². The molecule has 0 radical (unpaired) electrons. The number of hydrogen-bond acceptors (Lipinski definition) is 6. The Balaban J connectivity index is 2.16. The normalized spacial score (nSPS) is 9.55. The van der Waals surface area contributed by atoms with Crippen molar-refractivity contribution in [1.29, 1.82) is 5.26 Å². The predicted octanol–water partition coefficient (Wildman–Crippen LogP) is 1.28. The van der Waals surface area contributed by atoms with Crippen LogP contribution in [0.5, 0.6) is 0 Å². The fourth-order valence-electron chi connectivity index (χ4n) is 1.30.